The molecule has 1 atom stereocenters. The lowest BCUT2D eigenvalue weighted by Crippen LogP contribution is -2.69. The molecule has 6 rings (SSSR count). The first-order valence-corrected chi connectivity index (χ1v) is 9.98. The van der Waals surface area contributed by atoms with Gasteiger partial charge in [-0.2, -0.15) is 5.10 Å². The maximum atomic E-state index is 13.3. The number of hydrazone groups is 1. The van der Waals surface area contributed by atoms with Crippen LogP contribution in [0.2, 0.25) is 0 Å². The molecule has 4 aliphatic rings. The molecule has 5 heteroatoms. The molecule has 2 bridgehead atoms. The number of pyridine rings is 1. The number of aromatic nitrogens is 1. The second kappa shape index (κ2) is 6.16. The smallest absolute Gasteiger partial charge is 0.249 e. The Morgan fingerprint density at radius 3 is 2.68 bits per heavy atom. The number of amides is 1. The minimum atomic E-state index is -0.229. The normalized spacial score (nSPS) is 29.9. The first-order valence-electron chi connectivity index (χ1n) is 9.98. The molecular weight excluding hydrogens is 350 g/mol. The monoisotopic (exact) mass is 375 g/mol. The number of carbonyl (C=O) groups is 1. The van der Waals surface area contributed by atoms with Gasteiger partial charge in [0, 0.05) is 30.3 Å². The van der Waals surface area contributed by atoms with Crippen molar-refractivity contribution in [3.05, 3.63) is 59.3 Å². The molecule has 3 fully saturated rings. The van der Waals surface area contributed by atoms with Gasteiger partial charge in [0.2, 0.25) is 11.8 Å². The summed E-state index contributed by atoms with van der Waals surface area (Å²) in [6.07, 6.45) is 7.19. The lowest BCUT2D eigenvalue weighted by Gasteiger charge is -2.69. The third kappa shape index (κ3) is 2.64. The van der Waals surface area contributed by atoms with Gasteiger partial charge in [0.1, 0.15) is 0 Å². The van der Waals surface area contributed by atoms with E-state index in [0.29, 0.717) is 12.5 Å². The Bertz CT molecular complexity index is 931. The van der Waals surface area contributed by atoms with E-state index >= 15 is 0 Å². The Kier molecular flexibility index (Phi) is 3.83. The van der Waals surface area contributed by atoms with E-state index in [2.05, 4.69) is 29.1 Å². The average Bonchev–Trinajstić information content (AvgIpc) is 3.10. The van der Waals surface area contributed by atoms with Crippen molar-refractivity contribution in [1.82, 2.24) is 9.99 Å². The van der Waals surface area contributed by atoms with Gasteiger partial charge in [0.05, 0.1) is 18.1 Å². The fourth-order valence-corrected chi connectivity index (χ4v) is 5.22. The van der Waals surface area contributed by atoms with E-state index in [1.807, 2.05) is 43.6 Å². The minimum absolute atomic E-state index is 0.0340. The molecule has 0 radical (unpaired) electrons. The van der Waals surface area contributed by atoms with Crippen molar-refractivity contribution in [3.63, 3.8) is 0 Å². The third-order valence-corrected chi connectivity index (χ3v) is 6.59. The van der Waals surface area contributed by atoms with Crippen LogP contribution in [0.15, 0.2) is 47.7 Å². The number of carbonyl (C=O) groups excluding carboxylic acids is 1. The van der Waals surface area contributed by atoms with Crippen molar-refractivity contribution in [1.29, 1.82) is 0 Å². The number of aryl methyl sites for hydroxylation is 2. The van der Waals surface area contributed by atoms with Crippen molar-refractivity contribution in [2.24, 2.45) is 15.9 Å². The van der Waals surface area contributed by atoms with Crippen LogP contribution < -0.4 is 4.74 Å². The van der Waals surface area contributed by atoms with Crippen molar-refractivity contribution < 1.29 is 9.53 Å². The second-order valence-corrected chi connectivity index (χ2v) is 8.83. The second-order valence-electron chi connectivity index (χ2n) is 8.83. The van der Waals surface area contributed by atoms with E-state index < -0.39 is 0 Å². The highest BCUT2D eigenvalue weighted by Crippen LogP contribution is 2.74. The molecule has 1 aliphatic heterocycles. The van der Waals surface area contributed by atoms with E-state index in [-0.39, 0.29) is 22.8 Å². The van der Waals surface area contributed by atoms with Crippen molar-refractivity contribution in [2.75, 3.05) is 6.61 Å². The molecule has 28 heavy (non-hydrogen) atoms. The summed E-state index contributed by atoms with van der Waals surface area (Å²) in [5, 5.41) is 6.19. The third-order valence-electron chi connectivity index (χ3n) is 6.59. The summed E-state index contributed by atoms with van der Waals surface area (Å²) < 4.78 is 5.90. The van der Waals surface area contributed by atoms with Gasteiger partial charge in [-0.1, -0.05) is 30.3 Å². The first kappa shape index (κ1) is 17.4. The average molecular weight is 375 g/mol. The minimum Gasteiger partial charge on any atom is -0.477 e. The summed E-state index contributed by atoms with van der Waals surface area (Å²) in [6.45, 7) is 4.75. The van der Waals surface area contributed by atoms with Crippen LogP contribution in [-0.4, -0.2) is 28.7 Å². The molecule has 1 unspecified atom stereocenters. The molecule has 5 nitrogen and oxygen atoms in total. The highest BCUT2D eigenvalue weighted by Gasteiger charge is 2.72. The van der Waals surface area contributed by atoms with Crippen LogP contribution >= 0.6 is 0 Å². The zero-order valence-electron chi connectivity index (χ0n) is 16.4. The van der Waals surface area contributed by atoms with E-state index in [0.717, 1.165) is 31.2 Å². The summed E-state index contributed by atoms with van der Waals surface area (Å²) in [5.41, 5.74) is 3.44. The molecule has 0 N–H and O–H groups in total. The van der Waals surface area contributed by atoms with Crippen LogP contribution in [-0.2, 0) is 4.79 Å². The summed E-state index contributed by atoms with van der Waals surface area (Å²) in [7, 11) is 0. The lowest BCUT2D eigenvalue weighted by atomic mass is 9.35. The van der Waals surface area contributed by atoms with Gasteiger partial charge < -0.3 is 4.74 Å². The Labute approximate surface area is 165 Å². The Hall–Kier alpha value is -2.69. The van der Waals surface area contributed by atoms with Gasteiger partial charge in [0.15, 0.2) is 0 Å². The molecule has 1 aromatic heterocycles. The molecule has 144 valence electrons. The number of rotatable bonds is 5. The van der Waals surface area contributed by atoms with Gasteiger partial charge >= 0.3 is 0 Å². The van der Waals surface area contributed by atoms with E-state index in [4.69, 9.17) is 4.74 Å². The molecule has 2 aromatic rings. The maximum Gasteiger partial charge on any atom is 0.249 e. The molecule has 0 spiro atoms. The van der Waals surface area contributed by atoms with Crippen molar-refractivity contribution >= 4 is 12.1 Å². The fourth-order valence-electron chi connectivity index (χ4n) is 5.22. The summed E-state index contributed by atoms with van der Waals surface area (Å²) in [5.74, 6) is 0.851. The highest BCUT2D eigenvalue weighted by molar-refractivity contribution is 5.88. The Morgan fingerprint density at radius 2 is 1.96 bits per heavy atom. The van der Waals surface area contributed by atoms with Crippen LogP contribution in [0, 0.1) is 24.7 Å². The van der Waals surface area contributed by atoms with Gasteiger partial charge in [-0.15, -0.1) is 0 Å². The Balaban J connectivity index is 1.23. The van der Waals surface area contributed by atoms with Gasteiger partial charge in [-0.05, 0) is 49.8 Å². The number of hydrogen-bond acceptors (Lipinski definition) is 4. The zero-order valence-corrected chi connectivity index (χ0v) is 16.4. The standard InChI is InChI=1S/C23H25N3O2/c1-16-7-8-20(24-11-16)28-15-22-12-23(13-22,14-22)21(27)26-19(9-10-25-26)18-6-4-3-5-17(18)2/h3-8,10-11,19H,9,12-15H2,1-2H3. The fraction of sp³-hybridized carbons (Fsp3) is 0.435. The van der Waals surface area contributed by atoms with E-state index in [9.17, 15) is 4.79 Å². The van der Waals surface area contributed by atoms with Gasteiger partial charge in [0.25, 0.3) is 0 Å². The largest absolute Gasteiger partial charge is 0.477 e. The van der Waals surface area contributed by atoms with Gasteiger partial charge in [-0.25, -0.2) is 9.99 Å². The molecule has 1 amide bonds. The molecule has 2 heterocycles. The maximum absolute atomic E-state index is 13.3. The van der Waals surface area contributed by atoms with Crippen LogP contribution in [0.3, 0.4) is 0 Å². The predicted molar refractivity (Wildman–Crippen MR) is 107 cm³/mol. The Morgan fingerprint density at radius 1 is 1.18 bits per heavy atom. The number of nitrogens with zero attached hydrogens (tertiary/aromatic N) is 3. The SMILES string of the molecule is Cc1ccc(OCC23CC(C(=O)N4N=CCC4c4ccccc4C)(C2)C3)nc1. The van der Waals surface area contributed by atoms with Crippen molar-refractivity contribution in [2.45, 2.75) is 45.6 Å². The number of hydrogen-bond donors (Lipinski definition) is 0. The molecule has 3 saturated carbocycles. The molecular formula is C23H25N3O2. The topological polar surface area (TPSA) is 54.8 Å². The van der Waals surface area contributed by atoms with Crippen LogP contribution in [0.4, 0.5) is 0 Å². The zero-order chi connectivity index (χ0) is 19.4. The van der Waals surface area contributed by atoms with Crippen LogP contribution in [0.25, 0.3) is 0 Å². The quantitative estimate of drug-likeness (QED) is 0.787. The lowest BCUT2D eigenvalue weighted by molar-refractivity contribution is -0.227. The highest BCUT2D eigenvalue weighted by atomic mass is 16.5. The van der Waals surface area contributed by atoms with Gasteiger partial charge in [-0.3, -0.25) is 4.79 Å². The number of benzene rings is 1. The number of ether oxygens (including phenoxy) is 1. The summed E-state index contributed by atoms with van der Waals surface area (Å²) >= 11 is 0. The first-order chi connectivity index (χ1) is 13.5. The van der Waals surface area contributed by atoms with Crippen molar-refractivity contribution in [3.8, 4) is 5.88 Å². The summed E-state index contributed by atoms with van der Waals surface area (Å²) in [6, 6.07) is 12.2. The molecule has 0 saturated heterocycles. The van der Waals surface area contributed by atoms with Crippen LogP contribution in [0.1, 0.15) is 48.4 Å². The summed E-state index contributed by atoms with van der Waals surface area (Å²) in [4.78, 5) is 17.6. The molecule has 3 aliphatic carbocycles. The van der Waals surface area contributed by atoms with E-state index in [1.165, 1.54) is 11.1 Å². The van der Waals surface area contributed by atoms with E-state index in [1.54, 1.807) is 5.01 Å². The van der Waals surface area contributed by atoms with Crippen LogP contribution in [0.5, 0.6) is 5.88 Å². The molecule has 1 aromatic carbocycles. The predicted octanol–water partition coefficient (Wildman–Crippen LogP) is 4.21.